The minimum atomic E-state index is -2.31. The molecule has 0 spiro atoms. The van der Waals surface area contributed by atoms with Gasteiger partial charge < -0.3 is 64.6 Å². The average molecular weight is 1330 g/mol. The normalized spacial score (nSPS) is 25.4. The van der Waals surface area contributed by atoms with Gasteiger partial charge in [-0.05, 0) is 97.5 Å². The van der Waals surface area contributed by atoms with Gasteiger partial charge in [-0.2, -0.15) is 0 Å². The Kier molecular flexibility index (Phi) is 30.5. The van der Waals surface area contributed by atoms with Crippen LogP contribution in [0.1, 0.15) is 155 Å². The lowest BCUT2D eigenvalue weighted by Gasteiger charge is -2.41. The van der Waals surface area contributed by atoms with Crippen molar-refractivity contribution in [2.45, 2.75) is 234 Å². The third kappa shape index (κ3) is 20.9. The first-order valence-electron chi connectivity index (χ1n) is 33.4. The molecule has 2 aliphatic rings. The summed E-state index contributed by atoms with van der Waals surface area (Å²) in [6.45, 7) is 33.0. The number of amides is 10. The fourth-order valence-electron chi connectivity index (χ4n) is 11.9. The number of nitrogens with one attached hydrogen (secondary N) is 4. The smallest absolute Gasteiger partial charge is 0.329 e. The van der Waals surface area contributed by atoms with Crippen LogP contribution in [0.5, 0.6) is 5.75 Å². The van der Waals surface area contributed by atoms with Crippen molar-refractivity contribution in [3.63, 3.8) is 0 Å². The molecule has 2 saturated heterocycles. The topological polar surface area (TPSA) is 283 Å². The Morgan fingerprint density at radius 2 is 1.18 bits per heavy atom. The highest BCUT2D eigenvalue weighted by Crippen LogP contribution is 2.37. The summed E-state index contributed by atoms with van der Waals surface area (Å²) in [4.78, 5) is 171. The Hall–Kier alpha value is -6.63. The molecule has 10 amide bonds. The van der Waals surface area contributed by atoms with Crippen LogP contribution in [0.3, 0.4) is 0 Å². The number of hydrogen-bond donors (Lipinski definition) is 4. The molecule has 24 nitrogen and oxygen atoms in total. The minimum absolute atomic E-state index is 0.111. The van der Waals surface area contributed by atoms with E-state index in [1.165, 1.54) is 73.8 Å². The molecule has 0 bridgehead atoms. The number of ether oxygens (including phenoxy) is 2. The van der Waals surface area contributed by atoms with E-state index in [1.807, 2.05) is 27.7 Å². The second-order valence-electron chi connectivity index (χ2n) is 28.7. The van der Waals surface area contributed by atoms with Crippen molar-refractivity contribution in [3.8, 4) is 5.75 Å². The molecule has 1 aromatic rings. The number of carbonyl (C=O) groups is 11. The maximum Gasteiger partial charge on any atom is 0.329 e. The lowest BCUT2D eigenvalue weighted by molar-refractivity contribution is -0.165. The van der Waals surface area contributed by atoms with Gasteiger partial charge in [0, 0.05) is 48.2 Å². The molecule has 2 aliphatic heterocycles. The van der Waals surface area contributed by atoms with E-state index in [1.54, 1.807) is 79.7 Å². The SMILES string of the molecule is CC[C@H](C)[C@H]1C(=O)NCC(=O)N(C)[C@@H](C(C)C)C(=O)N[C@@H](Cc2ccc(OC)cc2)C(=O)O[C@@H](C)C(=O)N2CCCC[C@H]2C(=O)N(C)[C@@H](C(C)C)C(=O)N[C@@H](C(C)C)C(=O)N(C)[C@@H](CC(=O)N[C@H](CO[Si](C)(C)C(C)(C)C)C(C)C)C(=O)N(C)[C@@H]([C@@H](C)CC)C(=O)N1C. The molecular formula is C68H116N10O14Si. The van der Waals surface area contributed by atoms with E-state index in [9.17, 15) is 38.4 Å². The van der Waals surface area contributed by atoms with Crippen LogP contribution >= 0.6 is 0 Å². The molecule has 25 heteroatoms. The number of hydrogen-bond acceptors (Lipinski definition) is 14. The van der Waals surface area contributed by atoms with Gasteiger partial charge in [0.1, 0.15) is 54.1 Å². The van der Waals surface area contributed by atoms with E-state index in [0.717, 1.165) is 4.90 Å². The van der Waals surface area contributed by atoms with Crippen molar-refractivity contribution >= 4 is 73.4 Å². The first-order chi connectivity index (χ1) is 43.1. The molecule has 4 N–H and O–H groups in total. The number of rotatable bonds is 17. The summed E-state index contributed by atoms with van der Waals surface area (Å²) in [6, 6.07) is -4.08. The van der Waals surface area contributed by atoms with E-state index in [-0.39, 0.29) is 36.9 Å². The summed E-state index contributed by atoms with van der Waals surface area (Å²) in [7, 11) is 6.27. The van der Waals surface area contributed by atoms with Crippen LogP contribution in [0.25, 0.3) is 0 Å². The second kappa shape index (κ2) is 35.2. The van der Waals surface area contributed by atoms with E-state index < -0.39 is 176 Å². The fourth-order valence-corrected chi connectivity index (χ4v) is 12.9. The monoisotopic (exact) mass is 1320 g/mol. The van der Waals surface area contributed by atoms with Crippen molar-refractivity contribution in [3.05, 3.63) is 29.8 Å². The van der Waals surface area contributed by atoms with Crippen LogP contribution in [0.15, 0.2) is 24.3 Å². The molecule has 3 rings (SSSR count). The highest BCUT2D eigenvalue weighted by atomic mass is 28.4. The van der Waals surface area contributed by atoms with Gasteiger partial charge in [-0.25, -0.2) is 4.79 Å². The van der Waals surface area contributed by atoms with E-state index in [2.05, 4.69) is 55.1 Å². The van der Waals surface area contributed by atoms with Gasteiger partial charge >= 0.3 is 5.97 Å². The van der Waals surface area contributed by atoms with Crippen molar-refractivity contribution in [1.82, 2.24) is 50.7 Å². The molecule has 2 fully saturated rings. The third-order valence-electron chi connectivity index (χ3n) is 19.4. The van der Waals surface area contributed by atoms with Gasteiger partial charge in [0.25, 0.3) is 5.91 Å². The van der Waals surface area contributed by atoms with Gasteiger partial charge in [-0.1, -0.05) is 129 Å². The quantitative estimate of drug-likeness (QED) is 0.112. The number of carbonyl (C=O) groups excluding carboxylic acids is 11. The first-order valence-corrected chi connectivity index (χ1v) is 36.3. The predicted octanol–water partition coefficient (Wildman–Crippen LogP) is 5.40. The second-order valence-corrected chi connectivity index (χ2v) is 33.5. The summed E-state index contributed by atoms with van der Waals surface area (Å²) < 4.78 is 17.8. The zero-order chi connectivity index (χ0) is 71.1. The minimum Gasteiger partial charge on any atom is -0.497 e. The zero-order valence-electron chi connectivity index (χ0n) is 60.5. The summed E-state index contributed by atoms with van der Waals surface area (Å²) in [5.74, 6) is -10.3. The number of piperidine rings is 1. The Morgan fingerprint density at radius 1 is 0.656 bits per heavy atom. The fraction of sp³-hybridized carbons (Fsp3) is 0.750. The molecule has 526 valence electrons. The van der Waals surface area contributed by atoms with Gasteiger partial charge in [0.2, 0.25) is 53.2 Å². The molecule has 0 unspecified atom stereocenters. The Morgan fingerprint density at radius 3 is 1.70 bits per heavy atom. The lowest BCUT2D eigenvalue weighted by Crippen LogP contribution is -2.63. The largest absolute Gasteiger partial charge is 0.497 e. The maximum absolute atomic E-state index is 15.6. The lowest BCUT2D eigenvalue weighted by atomic mass is 9.92. The van der Waals surface area contributed by atoms with Crippen molar-refractivity contribution in [1.29, 1.82) is 0 Å². The molecular weight excluding hydrogens is 1210 g/mol. The Balaban J connectivity index is 2.34. The Labute approximate surface area is 555 Å². The maximum atomic E-state index is 15.6. The number of cyclic esters (lactones) is 1. The van der Waals surface area contributed by atoms with Crippen molar-refractivity contribution in [2.75, 3.05) is 62.0 Å². The van der Waals surface area contributed by atoms with Gasteiger partial charge in [-0.15, -0.1) is 0 Å². The standard InChI is InChI=1S/C68H116N10O14Si/c1-25-43(11)57-59(81)69-37-53(80)74(18)55(41(7)8)60(82)71-48(35-46-30-32-47(90-22)33-31-46)67(89)92-45(13)62(84)78-34-28-27-29-50(78)63(85)75(19)56(42(9)10)61(83)72-54(40(5)6)65(87)73(17)51(64(86)77(21)58(44(12)26-2)66(88)76(57)20)36-52(79)70-49(39(3)4)38-91-93(23,24)68(14,15)16/h30-33,39-45,48-51,54-58H,25-29,34-38H2,1-24H3,(H,69,81)(H,70,79)(H,71,82)(H,72,83)/t43-,44-,45-,48-,49+,50-,51-,54-,55-,56-,57-,58-/m0/s1. The summed E-state index contributed by atoms with van der Waals surface area (Å²) >= 11 is 0. The summed E-state index contributed by atoms with van der Waals surface area (Å²) in [5, 5.41) is 11.3. The number of fused-ring (bicyclic) bond motifs is 1. The average Bonchev–Trinajstić information content (AvgIpc) is 0.817. The first kappa shape index (κ1) is 80.6. The van der Waals surface area contributed by atoms with Gasteiger partial charge in [0.15, 0.2) is 14.4 Å². The highest BCUT2D eigenvalue weighted by molar-refractivity contribution is 6.74. The van der Waals surface area contributed by atoms with Crippen LogP contribution in [0.4, 0.5) is 0 Å². The number of methoxy groups -OCH3 is 1. The van der Waals surface area contributed by atoms with E-state index in [0.29, 0.717) is 37.0 Å². The molecule has 0 aromatic heterocycles. The molecule has 2 heterocycles. The van der Waals surface area contributed by atoms with Crippen LogP contribution in [0.2, 0.25) is 18.1 Å². The van der Waals surface area contributed by atoms with Crippen molar-refractivity contribution in [2.24, 2.45) is 35.5 Å². The number of benzene rings is 1. The van der Waals surface area contributed by atoms with Gasteiger partial charge in [0.05, 0.1) is 32.7 Å². The molecule has 1 aromatic carbocycles. The van der Waals surface area contributed by atoms with Crippen LogP contribution in [0, 0.1) is 35.5 Å². The number of esters is 1. The third-order valence-corrected chi connectivity index (χ3v) is 23.9. The van der Waals surface area contributed by atoms with Crippen LogP contribution < -0.4 is 26.0 Å². The highest BCUT2D eigenvalue weighted by Gasteiger charge is 2.47. The molecule has 0 aliphatic carbocycles. The number of nitrogens with zero attached hydrogens (tertiary/aromatic N) is 6. The van der Waals surface area contributed by atoms with E-state index >= 15 is 14.4 Å². The predicted molar refractivity (Wildman–Crippen MR) is 359 cm³/mol. The molecule has 12 atom stereocenters. The van der Waals surface area contributed by atoms with Crippen LogP contribution in [-0.2, 0) is 68.3 Å². The van der Waals surface area contributed by atoms with Gasteiger partial charge in [-0.3, -0.25) is 47.9 Å². The molecule has 93 heavy (non-hydrogen) atoms. The Bertz CT molecular complexity index is 2760. The van der Waals surface area contributed by atoms with Crippen molar-refractivity contribution < 1.29 is 66.6 Å². The zero-order valence-corrected chi connectivity index (χ0v) is 61.5. The van der Waals surface area contributed by atoms with E-state index in [4.69, 9.17) is 13.9 Å². The summed E-state index contributed by atoms with van der Waals surface area (Å²) in [5.41, 5.74) is 0.586. The molecule has 0 radical (unpaired) electrons. The van der Waals surface area contributed by atoms with Crippen LogP contribution in [-0.4, -0.2) is 225 Å². The summed E-state index contributed by atoms with van der Waals surface area (Å²) in [6.07, 6.45) is -0.137. The molecule has 0 saturated carbocycles. The number of likely N-dealkylation sites (N-methyl/N-ethyl adjacent to an activating group) is 5.